The van der Waals surface area contributed by atoms with Crippen LogP contribution in [0.1, 0.15) is 15.9 Å². The summed E-state index contributed by atoms with van der Waals surface area (Å²) in [7, 11) is -4.66. The largest absolute Gasteiger partial charge is 0.322 e. The van der Waals surface area contributed by atoms with Crippen LogP contribution in [0.15, 0.2) is 52.3 Å². The lowest BCUT2D eigenvalue weighted by Crippen LogP contribution is -2.22. The number of aryl methyl sites for hydroxylation is 1. The Bertz CT molecular complexity index is 1040. The molecule has 0 aliphatic rings. The van der Waals surface area contributed by atoms with Crippen molar-refractivity contribution in [2.24, 2.45) is 5.14 Å². The van der Waals surface area contributed by atoms with Crippen molar-refractivity contribution < 1.29 is 21.6 Å². The number of carbonyl (C=O) groups is 1. The molecule has 2 rings (SSSR count). The molecule has 0 atom stereocenters. The van der Waals surface area contributed by atoms with E-state index in [1.807, 2.05) is 0 Å². The molecule has 10 heteroatoms. The van der Waals surface area contributed by atoms with E-state index in [0.29, 0.717) is 11.3 Å². The highest BCUT2D eigenvalue weighted by Gasteiger charge is 2.18. The first-order valence-electron chi connectivity index (χ1n) is 7.40. The van der Waals surface area contributed by atoms with Crippen LogP contribution >= 0.6 is 0 Å². The normalized spacial score (nSPS) is 12.2. The van der Waals surface area contributed by atoms with Crippen molar-refractivity contribution in [3.8, 4) is 0 Å². The van der Waals surface area contributed by atoms with Crippen molar-refractivity contribution in [3.05, 3.63) is 53.6 Å². The van der Waals surface area contributed by atoms with Gasteiger partial charge in [0.05, 0.1) is 9.79 Å². The van der Waals surface area contributed by atoms with E-state index >= 15 is 0 Å². The molecule has 0 saturated carbocycles. The Morgan fingerprint density at radius 1 is 1.00 bits per heavy atom. The highest BCUT2D eigenvalue weighted by Crippen LogP contribution is 2.19. The van der Waals surface area contributed by atoms with Gasteiger partial charge in [-0.3, -0.25) is 4.79 Å². The molecule has 0 spiro atoms. The molecule has 140 valence electrons. The Balaban J connectivity index is 2.26. The van der Waals surface area contributed by atoms with Gasteiger partial charge in [-0.15, -0.1) is 0 Å². The van der Waals surface area contributed by atoms with Gasteiger partial charge in [0.25, 0.3) is 5.91 Å². The Kier molecular flexibility index (Phi) is 5.52. The number of benzene rings is 2. The zero-order valence-corrected chi connectivity index (χ0v) is 16.1. The van der Waals surface area contributed by atoms with Crippen molar-refractivity contribution in [1.29, 1.82) is 0 Å². The highest BCUT2D eigenvalue weighted by molar-refractivity contribution is 7.89. The third kappa shape index (κ3) is 4.28. The van der Waals surface area contributed by atoms with Gasteiger partial charge in [-0.05, 0) is 48.9 Å². The maximum absolute atomic E-state index is 12.3. The predicted octanol–water partition coefficient (Wildman–Crippen LogP) is 1.15. The van der Waals surface area contributed by atoms with Gasteiger partial charge in [0.1, 0.15) is 0 Å². The maximum Gasteiger partial charge on any atom is 0.255 e. The Labute approximate surface area is 152 Å². The molecule has 0 unspecified atom stereocenters. The summed E-state index contributed by atoms with van der Waals surface area (Å²) in [6.07, 6.45) is 0. The van der Waals surface area contributed by atoms with E-state index in [4.69, 9.17) is 5.14 Å². The number of hydrogen-bond donors (Lipinski definition) is 2. The van der Waals surface area contributed by atoms with Crippen LogP contribution in [-0.2, 0) is 20.0 Å². The number of rotatable bonds is 5. The molecule has 2 aromatic carbocycles. The molecule has 0 saturated heterocycles. The zero-order chi connectivity index (χ0) is 19.7. The van der Waals surface area contributed by atoms with Gasteiger partial charge in [0, 0.05) is 25.3 Å². The van der Waals surface area contributed by atoms with Crippen molar-refractivity contribution in [2.45, 2.75) is 16.7 Å². The quantitative estimate of drug-likeness (QED) is 0.782. The lowest BCUT2D eigenvalue weighted by Gasteiger charge is -2.12. The maximum atomic E-state index is 12.3. The van der Waals surface area contributed by atoms with Crippen LogP contribution in [-0.4, -0.2) is 41.1 Å². The summed E-state index contributed by atoms with van der Waals surface area (Å²) < 4.78 is 48.2. The van der Waals surface area contributed by atoms with E-state index in [0.717, 1.165) is 4.31 Å². The molecule has 0 bridgehead atoms. The number of carbonyl (C=O) groups excluding carboxylic acids is 1. The SMILES string of the molecule is Cc1ccc(C(=O)Nc2ccc(S(=O)(=O)N(C)C)cc2)cc1S(N)(=O)=O. The summed E-state index contributed by atoms with van der Waals surface area (Å²) in [6.45, 7) is 1.57. The van der Waals surface area contributed by atoms with E-state index in [1.165, 1.54) is 56.6 Å². The fourth-order valence-corrected chi connectivity index (χ4v) is 3.88. The van der Waals surface area contributed by atoms with Gasteiger partial charge in [0.2, 0.25) is 20.0 Å². The summed E-state index contributed by atoms with van der Waals surface area (Å²) in [6, 6.07) is 9.80. The van der Waals surface area contributed by atoms with Gasteiger partial charge in [-0.2, -0.15) is 0 Å². The average molecular weight is 397 g/mol. The second-order valence-corrected chi connectivity index (χ2v) is 9.47. The molecular weight excluding hydrogens is 378 g/mol. The number of nitrogens with one attached hydrogen (secondary N) is 1. The summed E-state index contributed by atoms with van der Waals surface area (Å²) in [5.41, 5.74) is 0.914. The lowest BCUT2D eigenvalue weighted by molar-refractivity contribution is 0.102. The van der Waals surface area contributed by atoms with Crippen LogP contribution in [0.3, 0.4) is 0 Å². The molecule has 1 amide bonds. The average Bonchev–Trinajstić information content (AvgIpc) is 2.54. The Morgan fingerprint density at radius 2 is 1.58 bits per heavy atom. The minimum Gasteiger partial charge on any atom is -0.322 e. The van der Waals surface area contributed by atoms with Crippen molar-refractivity contribution in [2.75, 3.05) is 19.4 Å². The van der Waals surface area contributed by atoms with Gasteiger partial charge in [-0.1, -0.05) is 6.07 Å². The molecule has 8 nitrogen and oxygen atoms in total. The van der Waals surface area contributed by atoms with E-state index < -0.39 is 26.0 Å². The minimum absolute atomic E-state index is 0.0901. The van der Waals surface area contributed by atoms with Gasteiger partial charge < -0.3 is 5.32 Å². The third-order valence-electron chi connectivity index (χ3n) is 3.65. The second-order valence-electron chi connectivity index (χ2n) is 5.79. The van der Waals surface area contributed by atoms with E-state index in [2.05, 4.69) is 5.32 Å². The summed E-state index contributed by atoms with van der Waals surface area (Å²) >= 11 is 0. The predicted molar refractivity (Wildman–Crippen MR) is 97.8 cm³/mol. The van der Waals surface area contributed by atoms with Crippen LogP contribution in [0.2, 0.25) is 0 Å². The fourth-order valence-electron chi connectivity index (χ4n) is 2.17. The van der Waals surface area contributed by atoms with Crippen LogP contribution in [0, 0.1) is 6.92 Å². The topological polar surface area (TPSA) is 127 Å². The van der Waals surface area contributed by atoms with Crippen LogP contribution in [0.25, 0.3) is 0 Å². The first-order chi connectivity index (χ1) is 11.9. The Hall–Kier alpha value is -2.27. The second kappa shape index (κ2) is 7.16. The van der Waals surface area contributed by atoms with Crippen molar-refractivity contribution in [3.63, 3.8) is 0 Å². The smallest absolute Gasteiger partial charge is 0.255 e. The first-order valence-corrected chi connectivity index (χ1v) is 10.4. The molecule has 0 radical (unpaired) electrons. The molecule has 0 heterocycles. The van der Waals surface area contributed by atoms with Crippen molar-refractivity contribution >= 4 is 31.6 Å². The molecule has 0 aliphatic carbocycles. The molecule has 0 aromatic heterocycles. The van der Waals surface area contributed by atoms with E-state index in [9.17, 15) is 21.6 Å². The minimum atomic E-state index is -3.94. The zero-order valence-electron chi connectivity index (χ0n) is 14.4. The molecule has 3 N–H and O–H groups in total. The molecular formula is C16H19N3O5S2. The number of amides is 1. The lowest BCUT2D eigenvalue weighted by atomic mass is 10.1. The first kappa shape index (κ1) is 20.0. The number of nitrogens with zero attached hydrogens (tertiary/aromatic N) is 1. The molecule has 0 fully saturated rings. The number of hydrogen-bond acceptors (Lipinski definition) is 5. The standard InChI is InChI=1S/C16H19N3O5S2/c1-11-4-5-12(10-15(11)25(17,21)22)16(20)18-13-6-8-14(9-7-13)26(23,24)19(2)3/h4-10H,1-3H3,(H,18,20)(H2,17,21,22). The number of primary sulfonamides is 1. The number of sulfonamides is 2. The van der Waals surface area contributed by atoms with E-state index in [1.54, 1.807) is 6.92 Å². The fraction of sp³-hybridized carbons (Fsp3) is 0.188. The third-order valence-corrected chi connectivity index (χ3v) is 6.53. The number of nitrogens with two attached hydrogens (primary N) is 1. The summed E-state index contributed by atoms with van der Waals surface area (Å²) in [5, 5.41) is 7.72. The van der Waals surface area contributed by atoms with Gasteiger partial charge >= 0.3 is 0 Å². The summed E-state index contributed by atoms with van der Waals surface area (Å²) in [5.74, 6) is -0.543. The van der Waals surface area contributed by atoms with E-state index in [-0.39, 0.29) is 15.4 Å². The molecule has 26 heavy (non-hydrogen) atoms. The van der Waals surface area contributed by atoms with Gasteiger partial charge in [0.15, 0.2) is 0 Å². The molecule has 2 aromatic rings. The summed E-state index contributed by atoms with van der Waals surface area (Å²) in [4.78, 5) is 12.3. The van der Waals surface area contributed by atoms with Crippen molar-refractivity contribution in [1.82, 2.24) is 4.31 Å². The Morgan fingerprint density at radius 3 is 2.08 bits per heavy atom. The highest BCUT2D eigenvalue weighted by atomic mass is 32.2. The van der Waals surface area contributed by atoms with Gasteiger partial charge in [-0.25, -0.2) is 26.3 Å². The number of anilines is 1. The van der Waals surface area contributed by atoms with Crippen LogP contribution < -0.4 is 10.5 Å². The monoisotopic (exact) mass is 397 g/mol. The van der Waals surface area contributed by atoms with Crippen LogP contribution in [0.5, 0.6) is 0 Å². The van der Waals surface area contributed by atoms with Crippen LogP contribution in [0.4, 0.5) is 5.69 Å². The molecule has 0 aliphatic heterocycles.